The topological polar surface area (TPSA) is 63.3 Å². The molecule has 0 atom stereocenters. The van der Waals surface area contributed by atoms with Crippen LogP contribution in [0.25, 0.3) is 0 Å². The van der Waals surface area contributed by atoms with Crippen LogP contribution < -0.4 is 4.90 Å². The lowest BCUT2D eigenvalue weighted by atomic mass is 10.2. The number of carbonyl (C=O) groups excluding carboxylic acids is 1. The van der Waals surface area contributed by atoms with Crippen LogP contribution in [0.15, 0.2) is 48.9 Å². The van der Waals surface area contributed by atoms with Crippen LogP contribution in [0.1, 0.15) is 16.1 Å². The van der Waals surface area contributed by atoms with Crippen molar-refractivity contribution in [2.45, 2.75) is 6.92 Å². The third-order valence-electron chi connectivity index (χ3n) is 3.87. The zero-order valence-electron chi connectivity index (χ0n) is 13.3. The average Bonchev–Trinajstić information content (AvgIpc) is 3.09. The molecule has 118 valence electrons. The maximum Gasteiger partial charge on any atom is 0.264 e. The summed E-state index contributed by atoms with van der Waals surface area (Å²) in [5, 5.41) is 13.6. The van der Waals surface area contributed by atoms with Gasteiger partial charge in [-0.15, -0.1) is 0 Å². The molecule has 1 amide bonds. The molecule has 0 aliphatic rings. The lowest BCUT2D eigenvalue weighted by molar-refractivity contribution is 0.0998. The second kappa shape index (κ2) is 5.64. The van der Waals surface area contributed by atoms with E-state index in [0.29, 0.717) is 16.9 Å². The van der Waals surface area contributed by atoms with Crippen LogP contribution in [-0.4, -0.2) is 25.4 Å². The van der Waals surface area contributed by atoms with Crippen molar-refractivity contribution in [1.29, 1.82) is 0 Å². The fraction of sp³-hybridized carbons (Fsp3) is 0.176. The molecule has 0 radical (unpaired) electrons. The van der Waals surface area contributed by atoms with Gasteiger partial charge in [-0.3, -0.25) is 14.4 Å². The highest BCUT2D eigenvalue weighted by Gasteiger charge is 2.23. The molecule has 0 bridgehead atoms. The highest BCUT2D eigenvalue weighted by atomic mass is 16.3. The first kappa shape index (κ1) is 14.9. The Labute approximate surface area is 134 Å². The minimum atomic E-state index is -0.137. The molecular weight excluding hydrogens is 292 g/mol. The molecule has 0 saturated carbocycles. The van der Waals surface area contributed by atoms with E-state index in [-0.39, 0.29) is 11.7 Å². The predicted octanol–water partition coefficient (Wildman–Crippen LogP) is 2.75. The normalized spacial score (nSPS) is 10.7. The molecular formula is C17H18N4O2. The minimum Gasteiger partial charge on any atom is -0.508 e. The van der Waals surface area contributed by atoms with Crippen molar-refractivity contribution in [2.24, 2.45) is 14.1 Å². The first-order chi connectivity index (χ1) is 11.0. The number of phenolic OH excluding ortho intramolecular Hbond substituents is 1. The second-order valence-electron chi connectivity index (χ2n) is 5.45. The number of hydrogen-bond donors (Lipinski definition) is 1. The van der Waals surface area contributed by atoms with Gasteiger partial charge in [-0.2, -0.15) is 5.10 Å². The zero-order chi connectivity index (χ0) is 16.6. The van der Waals surface area contributed by atoms with Crippen molar-refractivity contribution in [3.8, 4) is 5.75 Å². The van der Waals surface area contributed by atoms with E-state index in [0.717, 1.165) is 5.69 Å². The summed E-state index contributed by atoms with van der Waals surface area (Å²) in [7, 11) is 3.71. The highest BCUT2D eigenvalue weighted by Crippen LogP contribution is 2.29. The molecule has 0 saturated heterocycles. The lowest BCUT2D eigenvalue weighted by Gasteiger charge is -2.21. The van der Waals surface area contributed by atoms with Crippen LogP contribution in [-0.2, 0) is 14.1 Å². The molecule has 2 heterocycles. The number of aryl methyl sites for hydroxylation is 2. The van der Waals surface area contributed by atoms with Crippen LogP contribution >= 0.6 is 0 Å². The van der Waals surface area contributed by atoms with Gasteiger partial charge in [0.2, 0.25) is 0 Å². The Bertz CT molecular complexity index is 846. The number of hydrogen-bond acceptors (Lipinski definition) is 3. The van der Waals surface area contributed by atoms with E-state index < -0.39 is 0 Å². The van der Waals surface area contributed by atoms with Crippen LogP contribution in [0.3, 0.4) is 0 Å². The Hall–Kier alpha value is -3.02. The van der Waals surface area contributed by atoms with E-state index in [9.17, 15) is 9.90 Å². The predicted molar refractivity (Wildman–Crippen MR) is 87.9 cm³/mol. The molecule has 1 aromatic carbocycles. The van der Waals surface area contributed by atoms with Crippen molar-refractivity contribution in [2.75, 3.05) is 4.90 Å². The van der Waals surface area contributed by atoms with E-state index >= 15 is 0 Å². The Morgan fingerprint density at radius 3 is 2.35 bits per heavy atom. The number of nitrogens with zero attached hydrogens (tertiary/aromatic N) is 4. The Balaban J connectivity index is 2.10. The molecule has 6 nitrogen and oxygen atoms in total. The SMILES string of the molecule is Cc1c(C(=O)N(c2ccc(O)cc2)c2cnn(C)c2)ccn1C. The minimum absolute atomic E-state index is 0.137. The van der Waals surface area contributed by atoms with Crippen molar-refractivity contribution in [3.63, 3.8) is 0 Å². The maximum atomic E-state index is 13.1. The first-order valence-corrected chi connectivity index (χ1v) is 7.21. The number of phenols is 1. The molecule has 0 aliphatic carbocycles. The highest BCUT2D eigenvalue weighted by molar-refractivity contribution is 6.11. The molecule has 1 N–H and O–H groups in total. The summed E-state index contributed by atoms with van der Waals surface area (Å²) in [5.41, 5.74) is 2.86. The van der Waals surface area contributed by atoms with E-state index in [4.69, 9.17) is 0 Å². The molecule has 0 spiro atoms. The smallest absolute Gasteiger partial charge is 0.264 e. The van der Waals surface area contributed by atoms with Crippen LogP contribution in [0.4, 0.5) is 11.4 Å². The number of anilines is 2. The van der Waals surface area contributed by atoms with Crippen molar-refractivity contribution < 1.29 is 9.90 Å². The first-order valence-electron chi connectivity index (χ1n) is 7.21. The van der Waals surface area contributed by atoms with Gasteiger partial charge in [0.1, 0.15) is 5.75 Å². The largest absolute Gasteiger partial charge is 0.508 e. The molecule has 0 aliphatic heterocycles. The van der Waals surface area contributed by atoms with E-state index in [1.165, 1.54) is 0 Å². The summed E-state index contributed by atoms with van der Waals surface area (Å²) in [4.78, 5) is 14.7. The summed E-state index contributed by atoms with van der Waals surface area (Å²) in [6.07, 6.45) is 5.28. The molecule has 23 heavy (non-hydrogen) atoms. The number of aromatic hydroxyl groups is 1. The summed E-state index contributed by atoms with van der Waals surface area (Å²) in [6.45, 7) is 1.91. The van der Waals surface area contributed by atoms with Gasteiger partial charge in [0, 0.05) is 37.9 Å². The third-order valence-corrected chi connectivity index (χ3v) is 3.87. The van der Waals surface area contributed by atoms with E-state index in [1.807, 2.05) is 24.7 Å². The average molecular weight is 310 g/mol. The Morgan fingerprint density at radius 2 is 1.83 bits per heavy atom. The monoisotopic (exact) mass is 310 g/mol. The number of amides is 1. The van der Waals surface area contributed by atoms with E-state index in [1.54, 1.807) is 59.4 Å². The number of aromatic nitrogens is 3. The molecule has 0 unspecified atom stereocenters. The number of carbonyl (C=O) groups is 1. The fourth-order valence-electron chi connectivity index (χ4n) is 2.46. The van der Waals surface area contributed by atoms with Crippen molar-refractivity contribution >= 4 is 17.3 Å². The third kappa shape index (κ3) is 2.70. The van der Waals surface area contributed by atoms with Crippen LogP contribution in [0.2, 0.25) is 0 Å². The molecule has 3 rings (SSSR count). The Kier molecular flexibility index (Phi) is 3.65. The second-order valence-corrected chi connectivity index (χ2v) is 5.45. The van der Waals surface area contributed by atoms with Gasteiger partial charge in [-0.1, -0.05) is 0 Å². The molecule has 3 aromatic rings. The quantitative estimate of drug-likeness (QED) is 0.809. The van der Waals surface area contributed by atoms with Crippen LogP contribution in [0.5, 0.6) is 5.75 Å². The standard InChI is InChI=1S/C17H18N4O2/c1-12-16(8-9-19(12)2)17(23)21(14-10-18-20(3)11-14)13-4-6-15(22)7-5-13/h4-11,22H,1-3H3. The van der Waals surface area contributed by atoms with Gasteiger partial charge >= 0.3 is 0 Å². The summed E-state index contributed by atoms with van der Waals surface area (Å²) in [5.74, 6) is 0.0185. The van der Waals surface area contributed by atoms with Gasteiger partial charge in [0.15, 0.2) is 0 Å². The maximum absolute atomic E-state index is 13.1. The van der Waals surface area contributed by atoms with Gasteiger partial charge < -0.3 is 9.67 Å². The molecule has 2 aromatic heterocycles. The summed E-state index contributed by atoms with van der Waals surface area (Å²) >= 11 is 0. The zero-order valence-corrected chi connectivity index (χ0v) is 13.3. The van der Waals surface area contributed by atoms with Gasteiger partial charge in [-0.25, -0.2) is 0 Å². The van der Waals surface area contributed by atoms with Gasteiger partial charge in [0.05, 0.1) is 17.4 Å². The fourth-order valence-corrected chi connectivity index (χ4v) is 2.46. The number of rotatable bonds is 3. The molecule has 6 heteroatoms. The van der Waals surface area contributed by atoms with Crippen LogP contribution in [0, 0.1) is 6.92 Å². The Morgan fingerprint density at radius 1 is 1.13 bits per heavy atom. The van der Waals surface area contributed by atoms with E-state index in [2.05, 4.69) is 5.10 Å². The lowest BCUT2D eigenvalue weighted by Crippen LogP contribution is -2.26. The van der Waals surface area contributed by atoms with Gasteiger partial charge in [0.25, 0.3) is 5.91 Å². The van der Waals surface area contributed by atoms with Crippen molar-refractivity contribution in [1.82, 2.24) is 14.3 Å². The number of benzene rings is 1. The van der Waals surface area contributed by atoms with Gasteiger partial charge in [-0.05, 0) is 37.3 Å². The molecule has 0 fully saturated rings. The summed E-state index contributed by atoms with van der Waals surface area (Å²) in [6, 6.07) is 8.34. The summed E-state index contributed by atoms with van der Waals surface area (Å²) < 4.78 is 3.55. The van der Waals surface area contributed by atoms with Crippen molar-refractivity contribution in [3.05, 3.63) is 60.2 Å².